The minimum atomic E-state index is -0.555. The fourth-order valence-electron chi connectivity index (χ4n) is 4.68. The minimum absolute atomic E-state index is 0.0481. The molecule has 0 radical (unpaired) electrons. The Morgan fingerprint density at radius 3 is 2.67 bits per heavy atom. The number of halogens is 1. The molecule has 0 saturated carbocycles. The molecule has 1 amide bonds. The number of hydrogen-bond donors (Lipinski definition) is 1. The summed E-state index contributed by atoms with van der Waals surface area (Å²) in [5, 5.41) is 18.3. The molecule has 5 rings (SSSR count). The average Bonchev–Trinajstić information content (AvgIpc) is 3.63. The number of alkyl carbamates (subject to hydrolysis) is 1. The summed E-state index contributed by atoms with van der Waals surface area (Å²) in [5.41, 5.74) is 2.17. The molecule has 1 aliphatic heterocycles. The number of anilines is 3. The summed E-state index contributed by atoms with van der Waals surface area (Å²) in [6.07, 6.45) is 1.03. The molecule has 1 atom stereocenters. The number of nitriles is 1. The van der Waals surface area contributed by atoms with E-state index in [0.717, 1.165) is 30.3 Å². The number of carbonyl (C=O) groups is 1. The van der Waals surface area contributed by atoms with Crippen LogP contribution in [0.5, 0.6) is 0 Å². The Balaban J connectivity index is 1.43. The minimum Gasteiger partial charge on any atom is -0.444 e. The second kappa shape index (κ2) is 10.7. The van der Waals surface area contributed by atoms with Crippen molar-refractivity contribution >= 4 is 39.8 Å². The van der Waals surface area contributed by atoms with Crippen molar-refractivity contribution in [3.8, 4) is 17.3 Å². The number of hydrogen-bond acceptors (Lipinski definition) is 9. The van der Waals surface area contributed by atoms with Crippen LogP contribution in [0.25, 0.3) is 16.9 Å². The molecule has 40 heavy (non-hydrogen) atoms. The summed E-state index contributed by atoms with van der Waals surface area (Å²) < 4.78 is 20.7. The van der Waals surface area contributed by atoms with Gasteiger partial charge in [0, 0.05) is 25.7 Å². The largest absolute Gasteiger partial charge is 0.444 e. The third-order valence-electron chi connectivity index (χ3n) is 6.52. The first-order chi connectivity index (χ1) is 19.1. The molecule has 208 valence electrons. The van der Waals surface area contributed by atoms with Gasteiger partial charge in [-0.25, -0.2) is 19.2 Å². The van der Waals surface area contributed by atoms with E-state index in [1.165, 1.54) is 23.5 Å². The van der Waals surface area contributed by atoms with Gasteiger partial charge in [0.05, 0.1) is 11.7 Å². The Morgan fingerprint density at radius 2 is 2.00 bits per heavy atom. The molecular formula is C28H31FN8O2S. The normalized spacial score (nSPS) is 15.3. The predicted molar refractivity (Wildman–Crippen MR) is 153 cm³/mol. The maximum absolute atomic E-state index is 13.5. The fraction of sp³-hybridized carbons (Fsp3) is 0.393. The Bertz CT molecular complexity index is 1580. The number of benzene rings is 1. The lowest BCUT2D eigenvalue weighted by Gasteiger charge is -2.22. The van der Waals surface area contributed by atoms with Gasteiger partial charge in [0.1, 0.15) is 33.9 Å². The van der Waals surface area contributed by atoms with Crippen LogP contribution in [0.4, 0.5) is 26.0 Å². The molecule has 0 aliphatic carbocycles. The zero-order valence-corrected chi connectivity index (χ0v) is 23.9. The molecule has 1 aliphatic rings. The molecule has 1 saturated heterocycles. The van der Waals surface area contributed by atoms with Crippen LogP contribution in [-0.2, 0) is 11.2 Å². The lowest BCUT2D eigenvalue weighted by atomic mass is 10.1. The predicted octanol–water partition coefficient (Wildman–Crippen LogP) is 5.30. The van der Waals surface area contributed by atoms with Gasteiger partial charge in [-0.05, 0) is 70.0 Å². The summed E-state index contributed by atoms with van der Waals surface area (Å²) in [6.45, 7) is 8.89. The Morgan fingerprint density at radius 1 is 1.25 bits per heavy atom. The van der Waals surface area contributed by atoms with E-state index < -0.39 is 11.7 Å². The van der Waals surface area contributed by atoms with E-state index in [-0.39, 0.29) is 11.9 Å². The average molecular weight is 563 g/mol. The zero-order chi connectivity index (χ0) is 28.6. The van der Waals surface area contributed by atoms with Crippen molar-refractivity contribution in [2.45, 2.75) is 52.2 Å². The maximum atomic E-state index is 13.5. The number of thiazole rings is 1. The highest BCUT2D eigenvalue weighted by atomic mass is 32.1. The number of imidazole rings is 1. The molecule has 1 N–H and O–H groups in total. The van der Waals surface area contributed by atoms with Crippen molar-refractivity contribution in [1.82, 2.24) is 24.9 Å². The summed E-state index contributed by atoms with van der Waals surface area (Å²) in [6, 6.07) is 12.0. The molecule has 0 bridgehead atoms. The lowest BCUT2D eigenvalue weighted by molar-refractivity contribution is 0.0509. The van der Waals surface area contributed by atoms with Crippen LogP contribution < -0.4 is 15.1 Å². The first-order valence-corrected chi connectivity index (χ1v) is 13.9. The van der Waals surface area contributed by atoms with Crippen LogP contribution in [0.15, 0.2) is 36.4 Å². The first kappa shape index (κ1) is 27.3. The van der Waals surface area contributed by atoms with E-state index in [1.54, 1.807) is 16.6 Å². The highest BCUT2D eigenvalue weighted by Crippen LogP contribution is 2.37. The maximum Gasteiger partial charge on any atom is 0.407 e. The van der Waals surface area contributed by atoms with Crippen LogP contribution in [0.2, 0.25) is 0 Å². The number of amides is 1. The van der Waals surface area contributed by atoms with Gasteiger partial charge in [-0.15, -0.1) is 5.10 Å². The van der Waals surface area contributed by atoms with Crippen molar-refractivity contribution in [2.24, 2.45) is 0 Å². The number of carbonyl (C=O) groups excluding carboxylic acids is 1. The van der Waals surface area contributed by atoms with E-state index in [4.69, 9.17) is 19.8 Å². The monoisotopic (exact) mass is 562 g/mol. The van der Waals surface area contributed by atoms with Crippen LogP contribution in [0.1, 0.15) is 44.7 Å². The number of nitrogens with zero attached hydrogens (tertiary/aromatic N) is 7. The summed E-state index contributed by atoms with van der Waals surface area (Å²) >= 11 is 1.26. The van der Waals surface area contributed by atoms with Gasteiger partial charge >= 0.3 is 6.09 Å². The first-order valence-electron chi connectivity index (χ1n) is 13.1. The van der Waals surface area contributed by atoms with E-state index in [9.17, 15) is 14.4 Å². The van der Waals surface area contributed by atoms with Crippen molar-refractivity contribution in [1.29, 1.82) is 5.26 Å². The highest BCUT2D eigenvalue weighted by Gasteiger charge is 2.28. The molecule has 0 spiro atoms. The number of ether oxygens (including phenoxy) is 1. The quantitative estimate of drug-likeness (QED) is 0.337. The molecule has 4 heterocycles. The van der Waals surface area contributed by atoms with Crippen LogP contribution in [0.3, 0.4) is 0 Å². The van der Waals surface area contributed by atoms with Crippen molar-refractivity contribution < 1.29 is 13.9 Å². The van der Waals surface area contributed by atoms with E-state index in [0.29, 0.717) is 39.9 Å². The Hall–Kier alpha value is -4.24. The number of nitrogens with one attached hydrogen (secondary N) is 1. The third-order valence-corrected chi connectivity index (χ3v) is 7.55. The molecule has 10 nitrogen and oxygen atoms in total. The second-order valence-electron chi connectivity index (χ2n) is 10.6. The van der Waals surface area contributed by atoms with Crippen LogP contribution in [0, 0.1) is 17.1 Å². The summed E-state index contributed by atoms with van der Waals surface area (Å²) in [4.78, 5) is 26.2. The fourth-order valence-corrected chi connectivity index (χ4v) is 5.53. The van der Waals surface area contributed by atoms with Gasteiger partial charge in [0.2, 0.25) is 0 Å². The van der Waals surface area contributed by atoms with E-state index in [1.807, 2.05) is 51.8 Å². The second-order valence-corrected chi connectivity index (χ2v) is 11.6. The topological polar surface area (TPSA) is 112 Å². The van der Waals surface area contributed by atoms with Crippen molar-refractivity contribution in [3.63, 3.8) is 0 Å². The highest BCUT2D eigenvalue weighted by molar-refractivity contribution is 7.16. The van der Waals surface area contributed by atoms with Gasteiger partial charge in [-0.2, -0.15) is 9.78 Å². The van der Waals surface area contributed by atoms with Gasteiger partial charge in [-0.3, -0.25) is 0 Å². The molecule has 4 aromatic rings. The molecular weight excluding hydrogens is 531 g/mol. The Kier molecular flexibility index (Phi) is 7.33. The molecule has 3 aromatic heterocycles. The van der Waals surface area contributed by atoms with E-state index in [2.05, 4.69) is 16.3 Å². The number of aryl methyl sites for hydroxylation is 1. The van der Waals surface area contributed by atoms with E-state index >= 15 is 0 Å². The van der Waals surface area contributed by atoms with Crippen LogP contribution in [-0.4, -0.2) is 57.5 Å². The van der Waals surface area contributed by atoms with Crippen molar-refractivity contribution in [3.05, 3.63) is 52.8 Å². The van der Waals surface area contributed by atoms with Gasteiger partial charge in [0.15, 0.2) is 16.6 Å². The number of fused-ring (bicyclic) bond motifs is 1. The number of rotatable bonds is 6. The SMILES string of the molecule is CCc1nc2ccc(N3CC[C@H](NC(=O)OC(C)(C)C)C3)nn2c1N(C)c1nc(-c2ccc(F)cc2)c(C#N)s1. The molecule has 12 heteroatoms. The van der Waals surface area contributed by atoms with Crippen LogP contribution >= 0.6 is 11.3 Å². The lowest BCUT2D eigenvalue weighted by Crippen LogP contribution is -2.40. The third kappa shape index (κ3) is 5.56. The number of aromatic nitrogens is 4. The summed E-state index contributed by atoms with van der Waals surface area (Å²) in [7, 11) is 1.88. The Labute approximate surface area is 236 Å². The zero-order valence-electron chi connectivity index (χ0n) is 23.1. The molecule has 0 unspecified atom stereocenters. The smallest absolute Gasteiger partial charge is 0.407 e. The van der Waals surface area contributed by atoms with Gasteiger partial charge in [0.25, 0.3) is 0 Å². The van der Waals surface area contributed by atoms with Gasteiger partial charge < -0.3 is 19.9 Å². The van der Waals surface area contributed by atoms with Gasteiger partial charge in [-0.1, -0.05) is 18.3 Å². The van der Waals surface area contributed by atoms with Crippen molar-refractivity contribution in [2.75, 3.05) is 29.9 Å². The standard InChI is InChI=1S/C28H31FN8O2S/c1-6-20-25(35(5)26-33-24(21(15-30)40-26)17-7-9-18(29)10-8-17)37-22(32-20)11-12-23(34-37)36-14-13-19(16-36)31-27(38)39-28(2,3)4/h7-12,19H,6,13-14,16H2,1-5H3,(H,31,38)/t19-/m0/s1. The summed E-state index contributed by atoms with van der Waals surface area (Å²) in [5.74, 6) is 1.17. The molecule has 1 fully saturated rings. The molecule has 1 aromatic carbocycles.